The van der Waals surface area contributed by atoms with Crippen molar-refractivity contribution in [1.29, 1.82) is 0 Å². The highest BCUT2D eigenvalue weighted by atomic mass is 14.7. The van der Waals surface area contributed by atoms with Gasteiger partial charge in [0.2, 0.25) is 0 Å². The van der Waals surface area contributed by atoms with Crippen LogP contribution in [0, 0.1) is 6.92 Å². The fourth-order valence-electron chi connectivity index (χ4n) is 1.77. The lowest BCUT2D eigenvalue weighted by Crippen LogP contribution is -1.76. The third-order valence-electron chi connectivity index (χ3n) is 2.64. The Hall–Kier alpha value is -1.76. The van der Waals surface area contributed by atoms with Crippen molar-refractivity contribution >= 4 is 17.0 Å². The number of nitrogens with one attached hydrogen (secondary N) is 1. The molecule has 0 aliphatic heterocycles. The van der Waals surface area contributed by atoms with Gasteiger partial charge in [-0.1, -0.05) is 36.4 Å². The summed E-state index contributed by atoms with van der Waals surface area (Å²) < 4.78 is 0. The molecule has 0 saturated heterocycles. The van der Waals surface area contributed by atoms with E-state index in [-0.39, 0.29) is 0 Å². The number of aryl methyl sites for hydroxylation is 1. The standard InChI is InChI=1S/C14H15N/c1-4-10(2)9-13-11(3)15-14-8-6-5-7-12(13)14/h4-9,15H,1H2,2-3H3/b10-9-. The topological polar surface area (TPSA) is 15.8 Å². The van der Waals surface area contributed by atoms with Crippen LogP contribution in [-0.2, 0) is 0 Å². The van der Waals surface area contributed by atoms with Crippen molar-refractivity contribution in [2.24, 2.45) is 0 Å². The zero-order valence-electron chi connectivity index (χ0n) is 9.17. The molecule has 1 aromatic carbocycles. The van der Waals surface area contributed by atoms with E-state index < -0.39 is 0 Å². The summed E-state index contributed by atoms with van der Waals surface area (Å²) in [6.45, 7) is 7.94. The van der Waals surface area contributed by atoms with Crippen LogP contribution in [0.1, 0.15) is 18.2 Å². The van der Waals surface area contributed by atoms with Gasteiger partial charge < -0.3 is 4.98 Å². The lowest BCUT2D eigenvalue weighted by molar-refractivity contribution is 1.29. The van der Waals surface area contributed by atoms with E-state index in [0.717, 1.165) is 0 Å². The molecule has 0 radical (unpaired) electrons. The Labute approximate surface area is 90.1 Å². The quantitative estimate of drug-likeness (QED) is 0.699. The molecule has 1 N–H and O–H groups in total. The third-order valence-corrected chi connectivity index (χ3v) is 2.64. The molecule has 15 heavy (non-hydrogen) atoms. The summed E-state index contributed by atoms with van der Waals surface area (Å²) in [6, 6.07) is 8.35. The van der Waals surface area contributed by atoms with E-state index >= 15 is 0 Å². The molecule has 2 aromatic rings. The first-order chi connectivity index (χ1) is 7.22. The number of aromatic amines is 1. The average Bonchev–Trinajstić information content (AvgIpc) is 2.55. The molecule has 0 aliphatic carbocycles. The number of para-hydroxylation sites is 1. The van der Waals surface area contributed by atoms with E-state index in [9.17, 15) is 0 Å². The maximum Gasteiger partial charge on any atom is 0.0462 e. The highest BCUT2D eigenvalue weighted by Gasteiger charge is 2.04. The van der Waals surface area contributed by atoms with Crippen LogP contribution in [0.3, 0.4) is 0 Å². The van der Waals surface area contributed by atoms with Crippen molar-refractivity contribution in [3.05, 3.63) is 53.8 Å². The van der Waals surface area contributed by atoms with Crippen molar-refractivity contribution in [3.63, 3.8) is 0 Å². The largest absolute Gasteiger partial charge is 0.358 e. The number of allylic oxidation sites excluding steroid dienone is 2. The molecule has 2 rings (SSSR count). The molecule has 1 aromatic heterocycles. The second-order valence-corrected chi connectivity index (χ2v) is 3.80. The van der Waals surface area contributed by atoms with E-state index in [1.807, 2.05) is 12.1 Å². The molecule has 0 amide bonds. The zero-order chi connectivity index (χ0) is 10.8. The molecule has 0 bridgehead atoms. The van der Waals surface area contributed by atoms with E-state index in [4.69, 9.17) is 0 Å². The number of aromatic nitrogens is 1. The summed E-state index contributed by atoms with van der Waals surface area (Å²) in [4.78, 5) is 3.38. The minimum atomic E-state index is 1.18. The second-order valence-electron chi connectivity index (χ2n) is 3.80. The summed E-state index contributed by atoms with van der Waals surface area (Å²) >= 11 is 0. The third kappa shape index (κ3) is 1.73. The molecule has 76 valence electrons. The molecule has 1 nitrogen and oxygen atoms in total. The van der Waals surface area contributed by atoms with Gasteiger partial charge in [-0.2, -0.15) is 0 Å². The van der Waals surface area contributed by atoms with Crippen molar-refractivity contribution in [1.82, 2.24) is 4.98 Å². The minimum absolute atomic E-state index is 1.18. The van der Waals surface area contributed by atoms with Gasteiger partial charge in [0.1, 0.15) is 0 Å². The molecule has 1 heteroatoms. The van der Waals surface area contributed by atoms with Crippen LogP contribution in [0.25, 0.3) is 17.0 Å². The van der Waals surface area contributed by atoms with Gasteiger partial charge in [-0.05, 0) is 26.0 Å². The lowest BCUT2D eigenvalue weighted by atomic mass is 10.1. The minimum Gasteiger partial charge on any atom is -0.358 e. The Kier molecular flexibility index (Phi) is 2.46. The number of hydrogen-bond acceptors (Lipinski definition) is 0. The number of rotatable bonds is 2. The number of benzene rings is 1. The van der Waals surface area contributed by atoms with Crippen LogP contribution in [0.4, 0.5) is 0 Å². The molecule has 0 atom stereocenters. The Morgan fingerprint density at radius 3 is 2.80 bits per heavy atom. The van der Waals surface area contributed by atoms with Crippen molar-refractivity contribution in [2.75, 3.05) is 0 Å². The number of fused-ring (bicyclic) bond motifs is 1. The van der Waals surface area contributed by atoms with E-state index in [0.29, 0.717) is 0 Å². The predicted octanol–water partition coefficient (Wildman–Crippen LogP) is 4.07. The van der Waals surface area contributed by atoms with Gasteiger partial charge in [0.15, 0.2) is 0 Å². The first-order valence-corrected chi connectivity index (χ1v) is 5.10. The first-order valence-electron chi connectivity index (χ1n) is 5.10. The predicted molar refractivity (Wildman–Crippen MR) is 66.9 cm³/mol. The summed E-state index contributed by atoms with van der Waals surface area (Å²) in [5, 5.41) is 1.27. The van der Waals surface area contributed by atoms with Crippen LogP contribution in [0.5, 0.6) is 0 Å². The summed E-state index contributed by atoms with van der Waals surface area (Å²) in [6.07, 6.45) is 4.04. The SMILES string of the molecule is C=C/C(C)=C\c1c(C)[nH]c2ccccc12. The van der Waals surface area contributed by atoms with Crippen LogP contribution in [-0.4, -0.2) is 4.98 Å². The Morgan fingerprint density at radius 2 is 2.07 bits per heavy atom. The Bertz CT molecular complexity index is 529. The van der Waals surface area contributed by atoms with Gasteiger partial charge in [0, 0.05) is 22.2 Å². The maximum atomic E-state index is 3.77. The van der Waals surface area contributed by atoms with Gasteiger partial charge in [-0.3, -0.25) is 0 Å². The van der Waals surface area contributed by atoms with Gasteiger partial charge >= 0.3 is 0 Å². The fourth-order valence-corrected chi connectivity index (χ4v) is 1.77. The summed E-state index contributed by atoms with van der Waals surface area (Å²) in [7, 11) is 0. The van der Waals surface area contributed by atoms with Gasteiger partial charge in [0.05, 0.1) is 0 Å². The van der Waals surface area contributed by atoms with Crippen LogP contribution in [0.15, 0.2) is 42.5 Å². The summed E-state index contributed by atoms with van der Waals surface area (Å²) in [5.41, 5.74) is 4.85. The van der Waals surface area contributed by atoms with Gasteiger partial charge in [0.25, 0.3) is 0 Å². The smallest absolute Gasteiger partial charge is 0.0462 e. The highest BCUT2D eigenvalue weighted by Crippen LogP contribution is 2.24. The molecular weight excluding hydrogens is 182 g/mol. The fraction of sp³-hybridized carbons (Fsp3) is 0.143. The Balaban J connectivity index is 2.69. The van der Waals surface area contributed by atoms with Crippen LogP contribution in [0.2, 0.25) is 0 Å². The first kappa shape index (κ1) is 9.78. The molecular formula is C14H15N. The summed E-state index contributed by atoms with van der Waals surface area (Å²) in [5.74, 6) is 0. The Morgan fingerprint density at radius 1 is 1.33 bits per heavy atom. The average molecular weight is 197 g/mol. The van der Waals surface area contributed by atoms with Gasteiger partial charge in [-0.25, -0.2) is 0 Å². The second kappa shape index (κ2) is 3.77. The monoisotopic (exact) mass is 197 g/mol. The van der Waals surface area contributed by atoms with E-state index in [1.54, 1.807) is 0 Å². The number of H-pyrrole nitrogens is 1. The molecule has 0 unspecified atom stereocenters. The van der Waals surface area contributed by atoms with E-state index in [1.165, 1.54) is 27.7 Å². The van der Waals surface area contributed by atoms with Crippen LogP contribution < -0.4 is 0 Å². The van der Waals surface area contributed by atoms with Crippen LogP contribution >= 0.6 is 0 Å². The van der Waals surface area contributed by atoms with Crippen molar-refractivity contribution < 1.29 is 0 Å². The lowest BCUT2D eigenvalue weighted by Gasteiger charge is -1.95. The molecule has 0 saturated carbocycles. The highest BCUT2D eigenvalue weighted by molar-refractivity contribution is 5.90. The number of hydrogen-bond donors (Lipinski definition) is 1. The van der Waals surface area contributed by atoms with Crippen molar-refractivity contribution in [2.45, 2.75) is 13.8 Å². The molecule has 0 spiro atoms. The maximum absolute atomic E-state index is 3.77. The van der Waals surface area contributed by atoms with E-state index in [2.05, 4.69) is 49.7 Å². The molecule has 0 aliphatic rings. The molecule has 1 heterocycles. The molecule has 0 fully saturated rings. The normalized spacial score (nSPS) is 12.0. The van der Waals surface area contributed by atoms with Gasteiger partial charge in [-0.15, -0.1) is 0 Å². The van der Waals surface area contributed by atoms with Crippen molar-refractivity contribution in [3.8, 4) is 0 Å². The zero-order valence-corrected chi connectivity index (χ0v) is 9.17.